The lowest BCUT2D eigenvalue weighted by atomic mass is 10.1. The van der Waals surface area contributed by atoms with Gasteiger partial charge in [0, 0.05) is 38.8 Å². The summed E-state index contributed by atoms with van der Waals surface area (Å²) in [6.07, 6.45) is 0.338. The molecule has 1 amide bonds. The van der Waals surface area contributed by atoms with Crippen LogP contribution in [0.5, 0.6) is 0 Å². The molecule has 0 spiro atoms. The number of nitrogens with one attached hydrogen (secondary N) is 1. The van der Waals surface area contributed by atoms with E-state index in [1.807, 2.05) is 11.0 Å². The van der Waals surface area contributed by atoms with E-state index in [4.69, 9.17) is 27.9 Å². The van der Waals surface area contributed by atoms with E-state index < -0.39 is 0 Å². The zero-order valence-corrected chi connectivity index (χ0v) is 16.0. The smallest absolute Gasteiger partial charge is 0.227 e. The summed E-state index contributed by atoms with van der Waals surface area (Å²) < 4.78 is 5.65. The van der Waals surface area contributed by atoms with Crippen LogP contribution in [0.3, 0.4) is 0 Å². The van der Waals surface area contributed by atoms with Crippen molar-refractivity contribution in [3.05, 3.63) is 33.8 Å². The second-order valence-electron chi connectivity index (χ2n) is 6.79. The minimum absolute atomic E-state index is 0.101. The molecule has 5 nitrogen and oxygen atoms in total. The van der Waals surface area contributed by atoms with Crippen molar-refractivity contribution in [3.8, 4) is 0 Å². The van der Waals surface area contributed by atoms with E-state index >= 15 is 0 Å². The molecule has 0 aromatic heterocycles. The number of rotatable bonds is 4. The average molecular weight is 386 g/mol. The zero-order chi connectivity index (χ0) is 17.8. The molecule has 2 unspecified atom stereocenters. The maximum absolute atomic E-state index is 12.9. The van der Waals surface area contributed by atoms with Gasteiger partial charge in [-0.1, -0.05) is 29.3 Å². The number of piperazine rings is 1. The van der Waals surface area contributed by atoms with Gasteiger partial charge in [0.05, 0.1) is 35.7 Å². The number of hydrogen-bond acceptors (Lipinski definition) is 4. The Hall–Kier alpha value is -0.850. The number of carbonyl (C=O) groups excluding carboxylic acids is 1. The molecular formula is C18H25Cl2N3O2. The molecule has 2 aliphatic rings. The van der Waals surface area contributed by atoms with Gasteiger partial charge in [0.1, 0.15) is 0 Å². The van der Waals surface area contributed by atoms with Crippen LogP contribution in [-0.2, 0) is 16.0 Å². The van der Waals surface area contributed by atoms with Crippen molar-refractivity contribution < 1.29 is 9.53 Å². The van der Waals surface area contributed by atoms with Gasteiger partial charge in [0.25, 0.3) is 0 Å². The fourth-order valence-electron chi connectivity index (χ4n) is 3.49. The minimum atomic E-state index is 0.101. The van der Waals surface area contributed by atoms with Crippen molar-refractivity contribution in [1.82, 2.24) is 15.1 Å². The first-order valence-electron chi connectivity index (χ1n) is 8.80. The summed E-state index contributed by atoms with van der Waals surface area (Å²) >= 11 is 12.0. The lowest BCUT2D eigenvalue weighted by Crippen LogP contribution is -2.58. The molecule has 138 valence electrons. The van der Waals surface area contributed by atoms with E-state index in [-0.39, 0.29) is 11.9 Å². The summed E-state index contributed by atoms with van der Waals surface area (Å²) in [5.74, 6) is 0.120. The Kier molecular flexibility index (Phi) is 6.58. The topological polar surface area (TPSA) is 44.8 Å². The van der Waals surface area contributed by atoms with Crippen molar-refractivity contribution in [2.75, 3.05) is 45.9 Å². The highest BCUT2D eigenvalue weighted by Gasteiger charge is 2.30. The van der Waals surface area contributed by atoms with Gasteiger partial charge in [0.2, 0.25) is 5.91 Å². The van der Waals surface area contributed by atoms with Gasteiger partial charge in [-0.2, -0.15) is 0 Å². The molecule has 0 aliphatic carbocycles. The van der Waals surface area contributed by atoms with E-state index in [9.17, 15) is 4.79 Å². The number of nitrogens with zero attached hydrogens (tertiary/aromatic N) is 2. The first kappa shape index (κ1) is 18.9. The van der Waals surface area contributed by atoms with Crippen molar-refractivity contribution in [1.29, 1.82) is 0 Å². The molecule has 25 heavy (non-hydrogen) atoms. The molecule has 2 heterocycles. The molecule has 2 fully saturated rings. The van der Waals surface area contributed by atoms with Crippen LogP contribution in [0.25, 0.3) is 0 Å². The number of morpholine rings is 1. The van der Waals surface area contributed by atoms with Gasteiger partial charge in [-0.05, 0) is 24.6 Å². The largest absolute Gasteiger partial charge is 0.377 e. The van der Waals surface area contributed by atoms with Crippen molar-refractivity contribution >= 4 is 29.1 Å². The maximum Gasteiger partial charge on any atom is 0.227 e. The van der Waals surface area contributed by atoms with Crippen molar-refractivity contribution in [2.45, 2.75) is 25.4 Å². The summed E-state index contributed by atoms with van der Waals surface area (Å²) in [5, 5.41) is 4.40. The maximum atomic E-state index is 12.9. The fraction of sp³-hybridized carbons (Fsp3) is 0.611. The molecule has 0 saturated carbocycles. The molecule has 2 saturated heterocycles. The molecular weight excluding hydrogens is 361 g/mol. The number of halogens is 2. The predicted octanol–water partition coefficient (Wildman–Crippen LogP) is 2.06. The highest BCUT2D eigenvalue weighted by atomic mass is 35.5. The molecule has 1 N–H and O–H groups in total. The SMILES string of the molecule is CC1CNCCN1CC1COCCN1C(=O)Cc1ccc(Cl)c(Cl)c1. The molecule has 7 heteroatoms. The van der Waals surface area contributed by atoms with Gasteiger partial charge < -0.3 is 15.0 Å². The third-order valence-electron chi connectivity index (χ3n) is 4.97. The quantitative estimate of drug-likeness (QED) is 0.861. The molecule has 2 atom stereocenters. The van der Waals surface area contributed by atoms with Crippen LogP contribution >= 0.6 is 23.2 Å². The Morgan fingerprint density at radius 2 is 2.16 bits per heavy atom. The number of carbonyl (C=O) groups is 1. The number of hydrogen-bond donors (Lipinski definition) is 1. The standard InChI is InChI=1S/C18H25Cl2N3O2/c1-13-10-21-4-5-22(13)11-15-12-25-7-6-23(15)18(24)9-14-2-3-16(19)17(20)8-14/h2-3,8,13,15,21H,4-7,9-12H2,1H3. The number of amides is 1. The number of ether oxygens (including phenoxy) is 1. The molecule has 0 radical (unpaired) electrons. The lowest BCUT2D eigenvalue weighted by Gasteiger charge is -2.42. The van der Waals surface area contributed by atoms with Crippen molar-refractivity contribution in [2.24, 2.45) is 0 Å². The summed E-state index contributed by atoms with van der Waals surface area (Å²) in [6.45, 7) is 7.91. The summed E-state index contributed by atoms with van der Waals surface area (Å²) in [7, 11) is 0. The van der Waals surface area contributed by atoms with Crippen LogP contribution < -0.4 is 5.32 Å². The van der Waals surface area contributed by atoms with Gasteiger partial charge in [-0.25, -0.2) is 0 Å². The molecule has 1 aromatic rings. The van der Waals surface area contributed by atoms with Crippen molar-refractivity contribution in [3.63, 3.8) is 0 Å². The van der Waals surface area contributed by atoms with Crippen LogP contribution in [0.2, 0.25) is 10.0 Å². The van der Waals surface area contributed by atoms with Gasteiger partial charge >= 0.3 is 0 Å². The highest BCUT2D eigenvalue weighted by molar-refractivity contribution is 6.42. The molecule has 0 bridgehead atoms. The Morgan fingerprint density at radius 3 is 2.92 bits per heavy atom. The molecule has 2 aliphatic heterocycles. The Labute approximate surface area is 159 Å². The van der Waals surface area contributed by atoms with Crippen LogP contribution in [0.1, 0.15) is 12.5 Å². The minimum Gasteiger partial charge on any atom is -0.377 e. The van der Waals surface area contributed by atoms with Crippen LogP contribution in [0.4, 0.5) is 0 Å². The normalized spacial score (nSPS) is 25.2. The average Bonchev–Trinajstić information content (AvgIpc) is 2.60. The van der Waals surface area contributed by atoms with Gasteiger partial charge in [-0.3, -0.25) is 9.69 Å². The van der Waals surface area contributed by atoms with Gasteiger partial charge in [0.15, 0.2) is 0 Å². The third-order valence-corrected chi connectivity index (χ3v) is 5.71. The first-order chi connectivity index (χ1) is 12.0. The summed E-state index contributed by atoms with van der Waals surface area (Å²) in [4.78, 5) is 17.3. The van der Waals surface area contributed by atoms with Crippen LogP contribution in [0.15, 0.2) is 18.2 Å². The number of benzene rings is 1. The Balaban J connectivity index is 1.64. The Morgan fingerprint density at radius 1 is 1.32 bits per heavy atom. The summed E-state index contributed by atoms with van der Waals surface area (Å²) in [6, 6.07) is 5.95. The van der Waals surface area contributed by atoms with E-state index in [1.165, 1.54) is 0 Å². The zero-order valence-electron chi connectivity index (χ0n) is 14.5. The van der Waals surface area contributed by atoms with E-state index in [1.54, 1.807) is 12.1 Å². The second kappa shape index (κ2) is 8.69. The van der Waals surface area contributed by atoms with E-state index in [0.29, 0.717) is 42.3 Å². The van der Waals surface area contributed by atoms with Crippen LogP contribution in [0, 0.1) is 0 Å². The van der Waals surface area contributed by atoms with E-state index in [0.717, 1.165) is 31.7 Å². The molecule has 3 rings (SSSR count). The Bertz CT molecular complexity index is 614. The lowest BCUT2D eigenvalue weighted by molar-refractivity contribution is -0.140. The predicted molar refractivity (Wildman–Crippen MR) is 100 cm³/mol. The summed E-state index contributed by atoms with van der Waals surface area (Å²) in [5.41, 5.74) is 0.889. The third kappa shape index (κ3) is 4.86. The second-order valence-corrected chi connectivity index (χ2v) is 7.60. The van der Waals surface area contributed by atoms with E-state index in [2.05, 4.69) is 17.1 Å². The highest BCUT2D eigenvalue weighted by Crippen LogP contribution is 2.23. The monoisotopic (exact) mass is 385 g/mol. The fourth-order valence-corrected chi connectivity index (χ4v) is 3.81. The molecule has 1 aromatic carbocycles. The van der Waals surface area contributed by atoms with Gasteiger partial charge in [-0.15, -0.1) is 0 Å². The first-order valence-corrected chi connectivity index (χ1v) is 9.56. The van der Waals surface area contributed by atoms with Crippen LogP contribution in [-0.4, -0.2) is 73.7 Å².